The maximum atomic E-state index is 11.7. The zero-order valence-corrected chi connectivity index (χ0v) is 12.0. The molecule has 0 bridgehead atoms. The summed E-state index contributed by atoms with van der Waals surface area (Å²) in [4.78, 5) is 11.7. The number of anilines is 1. The second-order valence-electron chi connectivity index (χ2n) is 5.35. The molecule has 0 saturated heterocycles. The van der Waals surface area contributed by atoms with E-state index in [1.165, 1.54) is 19.3 Å². The van der Waals surface area contributed by atoms with E-state index >= 15 is 0 Å². The molecule has 1 aromatic rings. The molecule has 0 aromatic heterocycles. The van der Waals surface area contributed by atoms with E-state index in [1.807, 2.05) is 0 Å². The third-order valence-corrected chi connectivity index (χ3v) is 4.11. The number of amides is 1. The fourth-order valence-corrected chi connectivity index (χ4v) is 2.76. The van der Waals surface area contributed by atoms with Crippen molar-refractivity contribution in [2.45, 2.75) is 26.2 Å². The van der Waals surface area contributed by atoms with Gasteiger partial charge in [-0.2, -0.15) is 0 Å². The number of hydrogen-bond donors (Lipinski definition) is 2. The maximum absolute atomic E-state index is 11.7. The summed E-state index contributed by atoms with van der Waals surface area (Å²) in [5.41, 5.74) is 0.783. The highest BCUT2D eigenvalue weighted by atomic mass is 35.5. The fraction of sp³-hybridized carbons (Fsp3) is 0.533. The van der Waals surface area contributed by atoms with Crippen LogP contribution in [0.25, 0.3) is 0 Å². The number of halogens is 1. The van der Waals surface area contributed by atoms with E-state index in [0.717, 1.165) is 24.1 Å². The summed E-state index contributed by atoms with van der Waals surface area (Å²) in [7, 11) is 0. The van der Waals surface area contributed by atoms with Crippen molar-refractivity contribution in [1.82, 2.24) is 5.32 Å². The second kappa shape index (κ2) is 6.92. The van der Waals surface area contributed by atoms with Gasteiger partial charge in [-0.25, -0.2) is 0 Å². The van der Waals surface area contributed by atoms with Crippen LogP contribution < -0.4 is 10.6 Å². The van der Waals surface area contributed by atoms with Crippen LogP contribution in [-0.2, 0) is 4.79 Å². The van der Waals surface area contributed by atoms with Crippen molar-refractivity contribution in [3.05, 3.63) is 29.3 Å². The molecule has 4 heteroatoms. The van der Waals surface area contributed by atoms with Crippen molar-refractivity contribution < 1.29 is 4.79 Å². The lowest BCUT2D eigenvalue weighted by atomic mass is 9.98. The Morgan fingerprint density at radius 2 is 2.05 bits per heavy atom. The lowest BCUT2D eigenvalue weighted by molar-refractivity contribution is -0.115. The van der Waals surface area contributed by atoms with Crippen LogP contribution in [0.5, 0.6) is 0 Å². The van der Waals surface area contributed by atoms with Gasteiger partial charge >= 0.3 is 0 Å². The predicted molar refractivity (Wildman–Crippen MR) is 79.5 cm³/mol. The van der Waals surface area contributed by atoms with Gasteiger partial charge in [-0.15, -0.1) is 0 Å². The molecule has 2 N–H and O–H groups in total. The molecular weight excluding hydrogens is 260 g/mol. The second-order valence-corrected chi connectivity index (χ2v) is 5.79. The monoisotopic (exact) mass is 280 g/mol. The van der Waals surface area contributed by atoms with E-state index < -0.39 is 0 Å². The zero-order chi connectivity index (χ0) is 13.7. The molecule has 0 radical (unpaired) electrons. The van der Waals surface area contributed by atoms with Crippen LogP contribution in [0.3, 0.4) is 0 Å². The summed E-state index contributed by atoms with van der Waals surface area (Å²) >= 11 is 5.79. The van der Waals surface area contributed by atoms with Crippen LogP contribution >= 0.6 is 11.6 Å². The Morgan fingerprint density at radius 3 is 2.68 bits per heavy atom. The molecule has 2 rings (SSSR count). The number of hydrogen-bond acceptors (Lipinski definition) is 2. The quantitative estimate of drug-likeness (QED) is 0.869. The Morgan fingerprint density at radius 1 is 1.32 bits per heavy atom. The van der Waals surface area contributed by atoms with Crippen LogP contribution in [0.1, 0.15) is 26.2 Å². The molecule has 104 valence electrons. The zero-order valence-electron chi connectivity index (χ0n) is 11.3. The average Bonchev–Trinajstić information content (AvgIpc) is 2.78. The normalized spacial score (nSPS) is 22.4. The highest BCUT2D eigenvalue weighted by Gasteiger charge is 2.22. The first-order chi connectivity index (χ1) is 9.15. The first-order valence-corrected chi connectivity index (χ1v) is 7.29. The number of benzene rings is 1. The summed E-state index contributed by atoms with van der Waals surface area (Å²) in [6, 6.07) is 7.15. The largest absolute Gasteiger partial charge is 0.325 e. The Labute approximate surface area is 119 Å². The van der Waals surface area contributed by atoms with Crippen LogP contribution in [0.15, 0.2) is 24.3 Å². The Kier molecular flexibility index (Phi) is 5.23. The van der Waals surface area contributed by atoms with E-state index in [9.17, 15) is 4.79 Å². The average molecular weight is 281 g/mol. The standard InChI is InChI=1S/C15H21ClN2O/c1-11-3-2-4-12(11)9-17-10-15(19)18-14-7-5-13(16)6-8-14/h5-8,11-12,17H,2-4,9-10H2,1H3,(H,18,19). The van der Waals surface area contributed by atoms with Gasteiger partial charge in [0.25, 0.3) is 0 Å². The number of carbonyl (C=O) groups is 1. The number of rotatable bonds is 5. The Bertz CT molecular complexity index is 419. The lowest BCUT2D eigenvalue weighted by Gasteiger charge is -2.15. The minimum atomic E-state index is -0.00651. The van der Waals surface area contributed by atoms with Gasteiger partial charge in [0, 0.05) is 10.7 Å². The van der Waals surface area contributed by atoms with Crippen molar-refractivity contribution in [3.63, 3.8) is 0 Å². The molecule has 2 atom stereocenters. The topological polar surface area (TPSA) is 41.1 Å². The van der Waals surface area contributed by atoms with Crippen LogP contribution in [0, 0.1) is 11.8 Å². The molecule has 1 amide bonds. The summed E-state index contributed by atoms with van der Waals surface area (Å²) < 4.78 is 0. The highest BCUT2D eigenvalue weighted by molar-refractivity contribution is 6.30. The van der Waals surface area contributed by atoms with E-state index in [4.69, 9.17) is 11.6 Å². The van der Waals surface area contributed by atoms with Crippen molar-refractivity contribution >= 4 is 23.2 Å². The SMILES string of the molecule is CC1CCCC1CNCC(=O)Nc1ccc(Cl)cc1. The van der Waals surface area contributed by atoms with Crippen molar-refractivity contribution in [2.24, 2.45) is 11.8 Å². The minimum absolute atomic E-state index is 0.00651. The van der Waals surface area contributed by atoms with E-state index in [-0.39, 0.29) is 5.91 Å². The van der Waals surface area contributed by atoms with Gasteiger partial charge in [0.2, 0.25) is 5.91 Å². The molecule has 1 aliphatic rings. The summed E-state index contributed by atoms with van der Waals surface area (Å²) in [5.74, 6) is 1.50. The van der Waals surface area contributed by atoms with Gasteiger partial charge in [-0.05, 0) is 49.1 Å². The van der Waals surface area contributed by atoms with Gasteiger partial charge in [-0.1, -0.05) is 31.4 Å². The molecule has 1 aromatic carbocycles. The van der Waals surface area contributed by atoms with Gasteiger partial charge in [-0.3, -0.25) is 4.79 Å². The molecule has 0 spiro atoms. The molecule has 19 heavy (non-hydrogen) atoms. The first-order valence-electron chi connectivity index (χ1n) is 6.91. The van der Waals surface area contributed by atoms with Gasteiger partial charge in [0.05, 0.1) is 6.54 Å². The van der Waals surface area contributed by atoms with Gasteiger partial charge in [0.15, 0.2) is 0 Å². The third-order valence-electron chi connectivity index (χ3n) is 3.86. The minimum Gasteiger partial charge on any atom is -0.325 e. The fourth-order valence-electron chi connectivity index (χ4n) is 2.63. The molecule has 0 aliphatic heterocycles. The Hall–Kier alpha value is -1.06. The number of carbonyl (C=O) groups excluding carboxylic acids is 1. The molecular formula is C15H21ClN2O. The van der Waals surface area contributed by atoms with Crippen molar-refractivity contribution in [3.8, 4) is 0 Å². The third kappa shape index (κ3) is 4.51. The van der Waals surface area contributed by atoms with Crippen LogP contribution in [0.4, 0.5) is 5.69 Å². The summed E-state index contributed by atoms with van der Waals surface area (Å²) in [6.07, 6.45) is 3.93. The molecule has 2 unspecified atom stereocenters. The van der Waals surface area contributed by atoms with Crippen LogP contribution in [-0.4, -0.2) is 19.0 Å². The summed E-state index contributed by atoms with van der Waals surface area (Å²) in [5, 5.41) is 6.77. The van der Waals surface area contributed by atoms with E-state index in [0.29, 0.717) is 11.6 Å². The first kappa shape index (κ1) is 14.4. The van der Waals surface area contributed by atoms with E-state index in [2.05, 4.69) is 17.6 Å². The molecule has 1 saturated carbocycles. The highest BCUT2D eigenvalue weighted by Crippen LogP contribution is 2.30. The molecule has 3 nitrogen and oxygen atoms in total. The number of nitrogens with one attached hydrogen (secondary N) is 2. The smallest absolute Gasteiger partial charge is 0.238 e. The molecule has 1 fully saturated rings. The van der Waals surface area contributed by atoms with Crippen LogP contribution in [0.2, 0.25) is 5.02 Å². The lowest BCUT2D eigenvalue weighted by Crippen LogP contribution is -2.32. The maximum Gasteiger partial charge on any atom is 0.238 e. The Balaban J connectivity index is 1.68. The molecule has 1 aliphatic carbocycles. The van der Waals surface area contributed by atoms with Crippen molar-refractivity contribution in [2.75, 3.05) is 18.4 Å². The van der Waals surface area contributed by atoms with E-state index in [1.54, 1.807) is 24.3 Å². The molecule has 0 heterocycles. The van der Waals surface area contributed by atoms with Crippen molar-refractivity contribution in [1.29, 1.82) is 0 Å². The van der Waals surface area contributed by atoms with Gasteiger partial charge in [0.1, 0.15) is 0 Å². The summed E-state index contributed by atoms with van der Waals surface area (Å²) in [6.45, 7) is 3.61. The van der Waals surface area contributed by atoms with Gasteiger partial charge < -0.3 is 10.6 Å². The predicted octanol–water partition coefficient (Wildman–Crippen LogP) is 3.30.